The molecule has 0 saturated carbocycles. The van der Waals surface area contributed by atoms with Crippen LogP contribution in [0.25, 0.3) is 28.2 Å². The normalized spacial score (nSPS) is 13.3. The molecular formula is C20H15FN4O. The Morgan fingerprint density at radius 1 is 1.08 bits per heavy atom. The number of aryl methyl sites for hydroxylation is 1. The maximum Gasteiger partial charge on any atom is 0.168 e. The lowest BCUT2D eigenvalue weighted by atomic mass is 10.1. The van der Waals surface area contributed by atoms with Gasteiger partial charge in [-0.05, 0) is 42.8 Å². The highest BCUT2D eigenvalue weighted by Gasteiger charge is 2.23. The van der Waals surface area contributed by atoms with Gasteiger partial charge in [-0.3, -0.25) is 9.20 Å². The molecule has 0 fully saturated rings. The molecule has 4 heterocycles. The summed E-state index contributed by atoms with van der Waals surface area (Å²) in [5.41, 5.74) is 4.90. The summed E-state index contributed by atoms with van der Waals surface area (Å²) in [7, 11) is 0. The molecule has 1 aliphatic heterocycles. The molecule has 0 N–H and O–H groups in total. The van der Waals surface area contributed by atoms with Crippen molar-refractivity contribution < 1.29 is 9.18 Å². The number of hydrogen-bond acceptors (Lipinski definition) is 3. The molecule has 1 aliphatic rings. The standard InChI is InChI=1S/C20H15FN4O/c21-15-6-3-13(4-7-15)19-20(24-9-1-2-18(24)23-19)14-5-8-17-22-10-16(12-26)25(17)11-14/h3-8,10-12H,1-2,9H2. The molecule has 0 radical (unpaired) electrons. The zero-order valence-electron chi connectivity index (χ0n) is 13.9. The second kappa shape index (κ2) is 5.62. The fourth-order valence-corrected chi connectivity index (χ4v) is 3.65. The zero-order chi connectivity index (χ0) is 17.7. The Hall–Kier alpha value is -3.28. The largest absolute Gasteiger partial charge is 0.327 e. The van der Waals surface area contributed by atoms with Gasteiger partial charge < -0.3 is 4.57 Å². The van der Waals surface area contributed by atoms with Crippen molar-refractivity contribution in [2.45, 2.75) is 19.4 Å². The number of nitrogens with zero attached hydrogens (tertiary/aromatic N) is 4. The molecule has 1 aromatic carbocycles. The number of aromatic nitrogens is 4. The van der Waals surface area contributed by atoms with E-state index in [0.29, 0.717) is 5.69 Å². The zero-order valence-corrected chi connectivity index (χ0v) is 13.9. The Labute approximate surface area is 148 Å². The summed E-state index contributed by atoms with van der Waals surface area (Å²) in [6, 6.07) is 10.3. The molecular weight excluding hydrogens is 331 g/mol. The van der Waals surface area contributed by atoms with Crippen LogP contribution in [0.15, 0.2) is 48.8 Å². The molecule has 0 amide bonds. The predicted octanol–water partition coefficient (Wildman–Crippen LogP) is 3.76. The summed E-state index contributed by atoms with van der Waals surface area (Å²) >= 11 is 0. The smallest absolute Gasteiger partial charge is 0.168 e. The van der Waals surface area contributed by atoms with E-state index in [1.54, 1.807) is 22.7 Å². The van der Waals surface area contributed by atoms with Crippen LogP contribution < -0.4 is 0 Å². The van der Waals surface area contributed by atoms with Crippen molar-refractivity contribution in [3.63, 3.8) is 0 Å². The molecule has 5 rings (SSSR count). The van der Waals surface area contributed by atoms with Gasteiger partial charge in [0.25, 0.3) is 0 Å². The first-order valence-corrected chi connectivity index (χ1v) is 8.52. The van der Waals surface area contributed by atoms with Crippen molar-refractivity contribution in [1.29, 1.82) is 0 Å². The number of aldehydes is 1. The van der Waals surface area contributed by atoms with Crippen LogP contribution in [-0.4, -0.2) is 25.2 Å². The van der Waals surface area contributed by atoms with Crippen molar-refractivity contribution in [2.24, 2.45) is 0 Å². The minimum absolute atomic E-state index is 0.266. The van der Waals surface area contributed by atoms with Crippen molar-refractivity contribution in [3.05, 3.63) is 66.1 Å². The van der Waals surface area contributed by atoms with E-state index in [9.17, 15) is 9.18 Å². The van der Waals surface area contributed by atoms with E-state index in [1.165, 1.54) is 12.1 Å². The van der Waals surface area contributed by atoms with Gasteiger partial charge in [0, 0.05) is 30.3 Å². The van der Waals surface area contributed by atoms with Crippen LogP contribution in [0, 0.1) is 5.82 Å². The minimum atomic E-state index is -0.266. The number of imidazole rings is 2. The molecule has 3 aromatic heterocycles. The summed E-state index contributed by atoms with van der Waals surface area (Å²) in [6.07, 6.45) is 6.27. The van der Waals surface area contributed by atoms with E-state index in [4.69, 9.17) is 4.98 Å². The fraction of sp³-hybridized carbons (Fsp3) is 0.150. The SMILES string of the molecule is O=Cc1cnc2ccc(-c3c(-c4ccc(F)cc4)nc4n3CCC4)cn12. The molecule has 0 spiro atoms. The Morgan fingerprint density at radius 2 is 1.88 bits per heavy atom. The lowest BCUT2D eigenvalue weighted by Crippen LogP contribution is -1.99. The topological polar surface area (TPSA) is 52.2 Å². The summed E-state index contributed by atoms with van der Waals surface area (Å²) in [6.45, 7) is 0.904. The molecule has 4 aromatic rings. The highest BCUT2D eigenvalue weighted by Crippen LogP contribution is 2.35. The number of hydrogen-bond donors (Lipinski definition) is 0. The number of fused-ring (bicyclic) bond motifs is 2. The van der Waals surface area contributed by atoms with E-state index in [0.717, 1.165) is 59.7 Å². The lowest BCUT2D eigenvalue weighted by molar-refractivity contribution is 0.111. The first kappa shape index (κ1) is 15.0. The van der Waals surface area contributed by atoms with Crippen LogP contribution in [0.1, 0.15) is 22.7 Å². The van der Waals surface area contributed by atoms with Crippen LogP contribution in [-0.2, 0) is 13.0 Å². The lowest BCUT2D eigenvalue weighted by Gasteiger charge is -2.10. The molecule has 128 valence electrons. The van der Waals surface area contributed by atoms with Gasteiger partial charge in [-0.15, -0.1) is 0 Å². The van der Waals surface area contributed by atoms with Crippen molar-refractivity contribution in [3.8, 4) is 22.5 Å². The van der Waals surface area contributed by atoms with Crippen LogP contribution in [0.5, 0.6) is 0 Å². The van der Waals surface area contributed by atoms with Crippen LogP contribution in [0.3, 0.4) is 0 Å². The molecule has 0 aliphatic carbocycles. The highest BCUT2D eigenvalue weighted by molar-refractivity contribution is 5.80. The fourth-order valence-electron chi connectivity index (χ4n) is 3.65. The maximum absolute atomic E-state index is 13.3. The Bertz CT molecular complexity index is 1140. The average Bonchev–Trinajstić information content (AvgIpc) is 3.35. The van der Waals surface area contributed by atoms with Crippen LogP contribution in [0.2, 0.25) is 0 Å². The molecule has 26 heavy (non-hydrogen) atoms. The first-order valence-electron chi connectivity index (χ1n) is 8.52. The number of carbonyl (C=O) groups is 1. The van der Waals surface area contributed by atoms with E-state index in [-0.39, 0.29) is 5.82 Å². The van der Waals surface area contributed by atoms with E-state index in [1.807, 2.05) is 18.3 Å². The molecule has 0 saturated heterocycles. The van der Waals surface area contributed by atoms with Gasteiger partial charge in [0.1, 0.15) is 23.0 Å². The van der Waals surface area contributed by atoms with Crippen LogP contribution in [0.4, 0.5) is 4.39 Å². The van der Waals surface area contributed by atoms with E-state index >= 15 is 0 Å². The Kier molecular flexibility index (Phi) is 3.25. The van der Waals surface area contributed by atoms with Gasteiger partial charge in [-0.25, -0.2) is 14.4 Å². The van der Waals surface area contributed by atoms with Gasteiger partial charge >= 0.3 is 0 Å². The van der Waals surface area contributed by atoms with Crippen molar-refractivity contribution in [1.82, 2.24) is 18.9 Å². The van der Waals surface area contributed by atoms with Crippen LogP contribution >= 0.6 is 0 Å². The summed E-state index contributed by atoms with van der Waals surface area (Å²) in [5, 5.41) is 0. The molecule has 0 atom stereocenters. The van der Waals surface area contributed by atoms with Gasteiger partial charge in [0.2, 0.25) is 0 Å². The molecule has 5 nitrogen and oxygen atoms in total. The Morgan fingerprint density at radius 3 is 2.69 bits per heavy atom. The predicted molar refractivity (Wildman–Crippen MR) is 95.5 cm³/mol. The Balaban J connectivity index is 1.75. The van der Waals surface area contributed by atoms with Gasteiger partial charge in [0.05, 0.1) is 17.6 Å². The number of pyridine rings is 1. The van der Waals surface area contributed by atoms with Gasteiger partial charge in [0.15, 0.2) is 6.29 Å². The van der Waals surface area contributed by atoms with Gasteiger partial charge in [-0.2, -0.15) is 0 Å². The number of benzene rings is 1. The molecule has 0 unspecified atom stereocenters. The molecule has 0 bridgehead atoms. The third-order valence-corrected chi connectivity index (χ3v) is 4.87. The van der Waals surface area contributed by atoms with Crippen molar-refractivity contribution in [2.75, 3.05) is 0 Å². The maximum atomic E-state index is 13.3. The second-order valence-corrected chi connectivity index (χ2v) is 6.43. The van der Waals surface area contributed by atoms with Crippen molar-refractivity contribution >= 4 is 11.9 Å². The van der Waals surface area contributed by atoms with Gasteiger partial charge in [-0.1, -0.05) is 0 Å². The summed E-state index contributed by atoms with van der Waals surface area (Å²) < 4.78 is 17.3. The third kappa shape index (κ3) is 2.19. The monoisotopic (exact) mass is 346 g/mol. The van der Waals surface area contributed by atoms with E-state index in [2.05, 4.69) is 9.55 Å². The quantitative estimate of drug-likeness (QED) is 0.531. The number of rotatable bonds is 3. The minimum Gasteiger partial charge on any atom is -0.327 e. The second-order valence-electron chi connectivity index (χ2n) is 6.43. The summed E-state index contributed by atoms with van der Waals surface area (Å²) in [4.78, 5) is 20.3. The highest BCUT2D eigenvalue weighted by atomic mass is 19.1. The van der Waals surface area contributed by atoms with E-state index < -0.39 is 0 Å². The summed E-state index contributed by atoms with van der Waals surface area (Å²) in [5.74, 6) is 0.776. The number of carbonyl (C=O) groups excluding carboxylic acids is 1. The average molecular weight is 346 g/mol. The number of halogens is 1. The first-order chi connectivity index (χ1) is 12.7. The molecule has 6 heteroatoms. The third-order valence-electron chi connectivity index (χ3n) is 4.87.